The molecule has 0 bridgehead atoms. The lowest BCUT2D eigenvalue weighted by Crippen LogP contribution is -2.05. The minimum Gasteiger partial charge on any atom is -0.481 e. The first kappa shape index (κ1) is 20.3. The highest BCUT2D eigenvalue weighted by molar-refractivity contribution is 5.81. The number of carboxylic acids is 1. The van der Waals surface area contributed by atoms with Crippen molar-refractivity contribution in [3.05, 3.63) is 58.7 Å². The van der Waals surface area contributed by atoms with Crippen LogP contribution in [0.15, 0.2) is 30.5 Å². The molecule has 1 aromatic carbocycles. The van der Waals surface area contributed by atoms with Crippen molar-refractivity contribution in [3.8, 4) is 11.3 Å². The number of aliphatic carboxylic acids is 1. The molecule has 0 aliphatic carbocycles. The molecule has 27 heavy (non-hydrogen) atoms. The highest BCUT2D eigenvalue weighted by atomic mass is 19.1. The fourth-order valence-corrected chi connectivity index (χ4v) is 2.85. The number of carbonyl (C=O) groups excluding carboxylic acids is 1. The van der Waals surface area contributed by atoms with Crippen molar-refractivity contribution < 1.29 is 19.1 Å². The number of pyridine rings is 1. The van der Waals surface area contributed by atoms with Crippen molar-refractivity contribution in [2.45, 2.75) is 20.3 Å². The first-order chi connectivity index (χ1) is 12.8. The number of benzene rings is 1. The van der Waals surface area contributed by atoms with E-state index in [9.17, 15) is 19.1 Å². The summed E-state index contributed by atoms with van der Waals surface area (Å²) in [5, 5.41) is 12.0. The number of aryl methyl sites for hydroxylation is 2. The number of aldehydes is 1. The van der Waals surface area contributed by atoms with Crippen LogP contribution in [0.3, 0.4) is 0 Å². The Labute approximate surface area is 156 Å². The van der Waals surface area contributed by atoms with Crippen LogP contribution in [0.5, 0.6) is 0 Å². The number of aromatic nitrogens is 2. The summed E-state index contributed by atoms with van der Waals surface area (Å²) in [5.41, 5.74) is 3.19. The van der Waals surface area contributed by atoms with E-state index in [-0.39, 0.29) is 23.2 Å². The Hall–Kier alpha value is -3.06. The molecule has 0 fully saturated rings. The summed E-state index contributed by atoms with van der Waals surface area (Å²) < 4.78 is 16.2. The number of fused-ring (bicyclic) bond motifs is 1. The lowest BCUT2D eigenvalue weighted by molar-refractivity contribution is -0.136. The number of carboxylic acid groups (broad SMARTS) is 1. The Kier molecular flexibility index (Phi) is 6.41. The van der Waals surface area contributed by atoms with Crippen LogP contribution in [0.1, 0.15) is 27.2 Å². The van der Waals surface area contributed by atoms with Crippen LogP contribution in [0.4, 0.5) is 4.39 Å². The predicted molar refractivity (Wildman–Crippen MR) is 102 cm³/mol. The summed E-state index contributed by atoms with van der Waals surface area (Å²) in [5.74, 6) is -1.62. The van der Waals surface area contributed by atoms with Gasteiger partial charge in [-0.3, -0.25) is 9.59 Å². The highest BCUT2D eigenvalue weighted by Crippen LogP contribution is 2.31. The molecule has 3 aromatic rings. The minimum absolute atomic E-state index is 0.221. The van der Waals surface area contributed by atoms with Gasteiger partial charge in [0.25, 0.3) is 0 Å². The van der Waals surface area contributed by atoms with Gasteiger partial charge in [0.15, 0.2) is 0 Å². The van der Waals surface area contributed by atoms with Gasteiger partial charge in [-0.15, -0.1) is 0 Å². The zero-order valence-corrected chi connectivity index (χ0v) is 15.7. The van der Waals surface area contributed by atoms with E-state index in [0.29, 0.717) is 23.2 Å². The lowest BCUT2D eigenvalue weighted by atomic mass is 10.00. The smallest absolute Gasteiger partial charge is 0.309 e. The minimum atomic E-state index is -1.03. The van der Waals surface area contributed by atoms with Gasteiger partial charge in [0.1, 0.15) is 17.8 Å². The van der Waals surface area contributed by atoms with E-state index in [1.54, 1.807) is 23.6 Å². The second-order valence-corrected chi connectivity index (χ2v) is 6.22. The maximum Gasteiger partial charge on any atom is 0.309 e. The van der Waals surface area contributed by atoms with Crippen molar-refractivity contribution in [1.29, 1.82) is 0 Å². The van der Waals surface area contributed by atoms with Crippen LogP contribution in [-0.4, -0.2) is 40.8 Å². The van der Waals surface area contributed by atoms with Gasteiger partial charge in [-0.05, 0) is 63.3 Å². The van der Waals surface area contributed by atoms with Crippen LogP contribution in [0.2, 0.25) is 0 Å². The van der Waals surface area contributed by atoms with Gasteiger partial charge >= 0.3 is 5.97 Å². The first-order valence-electron chi connectivity index (χ1n) is 8.35. The van der Waals surface area contributed by atoms with E-state index in [1.807, 2.05) is 33.2 Å². The summed E-state index contributed by atoms with van der Waals surface area (Å²) in [6.07, 6.45) is 2.02. The number of rotatable bonds is 4. The fourth-order valence-electron chi connectivity index (χ4n) is 2.85. The number of imidazole rings is 1. The van der Waals surface area contributed by atoms with Crippen LogP contribution >= 0.6 is 0 Å². The Morgan fingerprint density at radius 3 is 2.52 bits per heavy atom. The Morgan fingerprint density at radius 2 is 1.96 bits per heavy atom. The van der Waals surface area contributed by atoms with E-state index in [1.165, 1.54) is 0 Å². The quantitative estimate of drug-likeness (QED) is 0.689. The average Bonchev–Trinajstić information content (AvgIpc) is 2.91. The number of halogens is 1. The molecule has 6 nitrogen and oxygen atoms in total. The Morgan fingerprint density at radius 1 is 1.30 bits per heavy atom. The molecule has 0 atom stereocenters. The van der Waals surface area contributed by atoms with Crippen LogP contribution in [-0.2, 0) is 11.2 Å². The lowest BCUT2D eigenvalue weighted by Gasteiger charge is -2.08. The molecule has 0 saturated carbocycles. The second-order valence-electron chi connectivity index (χ2n) is 6.22. The van der Waals surface area contributed by atoms with Gasteiger partial charge in [-0.1, -0.05) is 0 Å². The summed E-state index contributed by atoms with van der Waals surface area (Å²) >= 11 is 0. The highest BCUT2D eigenvalue weighted by Gasteiger charge is 2.21. The monoisotopic (exact) mass is 371 g/mol. The van der Waals surface area contributed by atoms with Crippen LogP contribution in [0.25, 0.3) is 16.9 Å². The molecule has 2 aromatic heterocycles. The summed E-state index contributed by atoms with van der Waals surface area (Å²) in [6.45, 7) is 3.57. The average molecular weight is 371 g/mol. The maximum absolute atomic E-state index is 14.6. The molecule has 142 valence electrons. The first-order valence-corrected chi connectivity index (χ1v) is 8.35. The third-order valence-electron chi connectivity index (χ3n) is 3.88. The SMILES string of the molecule is CNC.Cc1ccn2c(CC(=O)O)c(-c3c(C)cc(C=O)cc3F)nc2c1. The molecule has 0 unspecified atom stereocenters. The molecule has 0 amide bonds. The van der Waals surface area contributed by atoms with Crippen molar-refractivity contribution >= 4 is 17.9 Å². The van der Waals surface area contributed by atoms with E-state index in [2.05, 4.69) is 10.3 Å². The van der Waals surface area contributed by atoms with Gasteiger partial charge in [-0.25, -0.2) is 9.37 Å². The summed E-state index contributed by atoms with van der Waals surface area (Å²) in [6, 6.07) is 6.34. The Balaban J connectivity index is 0.000000817. The van der Waals surface area contributed by atoms with Crippen molar-refractivity contribution in [2.24, 2.45) is 0 Å². The molecule has 0 radical (unpaired) electrons. The van der Waals surface area contributed by atoms with E-state index in [4.69, 9.17) is 0 Å². The zero-order chi connectivity index (χ0) is 20.1. The second kappa shape index (κ2) is 8.55. The van der Waals surface area contributed by atoms with Crippen molar-refractivity contribution in [2.75, 3.05) is 14.1 Å². The van der Waals surface area contributed by atoms with Gasteiger partial charge in [0.2, 0.25) is 0 Å². The van der Waals surface area contributed by atoms with Crippen LogP contribution in [0, 0.1) is 19.7 Å². The van der Waals surface area contributed by atoms with Crippen molar-refractivity contribution in [1.82, 2.24) is 14.7 Å². The number of nitrogens with one attached hydrogen (secondary N) is 1. The molecular formula is C20H22FN3O3. The molecule has 7 heteroatoms. The summed E-state index contributed by atoms with van der Waals surface area (Å²) in [4.78, 5) is 26.6. The molecule has 2 N–H and O–H groups in total. The zero-order valence-electron chi connectivity index (χ0n) is 15.7. The van der Waals surface area contributed by atoms with Gasteiger partial charge in [0, 0.05) is 17.3 Å². The van der Waals surface area contributed by atoms with E-state index < -0.39 is 11.8 Å². The maximum atomic E-state index is 14.6. The standard InChI is InChI=1S/C18H15FN2O3.C2H7N/c1-10-3-4-21-14(8-16(23)24)18(20-15(21)5-10)17-11(2)6-12(9-22)7-13(17)19;1-3-2/h3-7,9H,8H2,1-2H3,(H,23,24);3H,1-2H3. The predicted octanol–water partition coefficient (Wildman–Crippen LogP) is 3.03. The number of hydrogen-bond acceptors (Lipinski definition) is 4. The third-order valence-corrected chi connectivity index (χ3v) is 3.88. The van der Waals surface area contributed by atoms with Crippen molar-refractivity contribution in [3.63, 3.8) is 0 Å². The number of hydrogen-bond donors (Lipinski definition) is 2. The van der Waals surface area contributed by atoms with Gasteiger partial charge in [-0.2, -0.15) is 0 Å². The van der Waals surface area contributed by atoms with Crippen LogP contribution < -0.4 is 5.32 Å². The molecule has 0 aliphatic rings. The topological polar surface area (TPSA) is 83.7 Å². The Bertz CT molecular complexity index is 973. The third kappa shape index (κ3) is 4.38. The molecule has 3 rings (SSSR count). The fraction of sp³-hybridized carbons (Fsp3) is 0.250. The van der Waals surface area contributed by atoms with E-state index in [0.717, 1.165) is 11.6 Å². The van der Waals surface area contributed by atoms with Gasteiger partial charge in [0.05, 0.1) is 17.8 Å². The van der Waals surface area contributed by atoms with E-state index >= 15 is 0 Å². The van der Waals surface area contributed by atoms with Gasteiger partial charge < -0.3 is 14.8 Å². The molecule has 0 aliphatic heterocycles. The number of nitrogens with zero attached hydrogens (tertiary/aromatic N) is 2. The molecule has 0 spiro atoms. The molecule has 2 heterocycles. The normalized spacial score (nSPS) is 10.4. The largest absolute Gasteiger partial charge is 0.481 e. The summed E-state index contributed by atoms with van der Waals surface area (Å²) in [7, 11) is 3.75. The molecular weight excluding hydrogens is 349 g/mol. The molecule has 0 saturated heterocycles. The number of carbonyl (C=O) groups is 2.